The molecule has 1 aromatic heterocycles. The monoisotopic (exact) mass is 333 g/mol. The minimum absolute atomic E-state index is 0.123. The van der Waals surface area contributed by atoms with Gasteiger partial charge in [-0.05, 0) is 49.4 Å². The van der Waals surface area contributed by atoms with Gasteiger partial charge in [-0.25, -0.2) is 9.07 Å². The Balaban J connectivity index is 1.98. The van der Waals surface area contributed by atoms with Crippen LogP contribution in [0.5, 0.6) is 0 Å². The molecular formula is C18H24FN3O2. The SMILES string of the molecule is Cc1cc(C(=O)NCCCC(C)(C)CO)nn1-c1cccc(F)c1. The van der Waals surface area contributed by atoms with Gasteiger partial charge in [0.15, 0.2) is 5.69 Å². The second kappa shape index (κ2) is 7.57. The van der Waals surface area contributed by atoms with Crippen molar-refractivity contribution in [2.45, 2.75) is 33.6 Å². The Bertz CT molecular complexity index is 710. The Morgan fingerprint density at radius 3 is 2.79 bits per heavy atom. The van der Waals surface area contributed by atoms with Gasteiger partial charge in [-0.15, -0.1) is 0 Å². The van der Waals surface area contributed by atoms with Crippen LogP contribution in [0, 0.1) is 18.2 Å². The number of aliphatic hydroxyl groups is 1. The minimum Gasteiger partial charge on any atom is -0.396 e. The molecule has 0 aliphatic rings. The summed E-state index contributed by atoms with van der Waals surface area (Å²) in [7, 11) is 0. The van der Waals surface area contributed by atoms with Crippen molar-refractivity contribution in [1.29, 1.82) is 0 Å². The Morgan fingerprint density at radius 2 is 2.12 bits per heavy atom. The van der Waals surface area contributed by atoms with E-state index in [1.54, 1.807) is 22.9 Å². The lowest BCUT2D eigenvalue weighted by atomic mass is 9.89. The molecule has 1 heterocycles. The quantitative estimate of drug-likeness (QED) is 0.766. The van der Waals surface area contributed by atoms with Crippen LogP contribution in [0.25, 0.3) is 5.69 Å². The first-order valence-corrected chi connectivity index (χ1v) is 8.04. The van der Waals surface area contributed by atoms with E-state index in [0.29, 0.717) is 17.9 Å². The van der Waals surface area contributed by atoms with Gasteiger partial charge in [0.25, 0.3) is 5.91 Å². The Morgan fingerprint density at radius 1 is 1.38 bits per heavy atom. The summed E-state index contributed by atoms with van der Waals surface area (Å²) in [5.41, 5.74) is 1.50. The van der Waals surface area contributed by atoms with E-state index in [1.807, 2.05) is 20.8 Å². The van der Waals surface area contributed by atoms with Gasteiger partial charge >= 0.3 is 0 Å². The van der Waals surface area contributed by atoms with E-state index in [9.17, 15) is 14.3 Å². The summed E-state index contributed by atoms with van der Waals surface area (Å²) in [5.74, 6) is -0.602. The van der Waals surface area contributed by atoms with Crippen LogP contribution in [0.3, 0.4) is 0 Å². The molecule has 1 amide bonds. The van der Waals surface area contributed by atoms with Crippen molar-refractivity contribution in [2.24, 2.45) is 5.41 Å². The van der Waals surface area contributed by atoms with E-state index in [2.05, 4.69) is 10.4 Å². The van der Waals surface area contributed by atoms with Gasteiger partial charge in [0.2, 0.25) is 0 Å². The lowest BCUT2D eigenvalue weighted by molar-refractivity contribution is 0.0943. The molecule has 6 heteroatoms. The van der Waals surface area contributed by atoms with Crippen LogP contribution in [0.1, 0.15) is 42.9 Å². The molecular weight excluding hydrogens is 309 g/mol. The summed E-state index contributed by atoms with van der Waals surface area (Å²) in [6.07, 6.45) is 1.60. The fourth-order valence-corrected chi connectivity index (χ4v) is 2.39. The van der Waals surface area contributed by atoms with E-state index in [1.165, 1.54) is 12.1 Å². The number of rotatable bonds is 7. The predicted molar refractivity (Wildman–Crippen MR) is 90.7 cm³/mol. The number of hydrogen-bond donors (Lipinski definition) is 2. The summed E-state index contributed by atoms with van der Waals surface area (Å²) in [4.78, 5) is 12.2. The van der Waals surface area contributed by atoms with Gasteiger partial charge in [0.1, 0.15) is 5.82 Å². The van der Waals surface area contributed by atoms with E-state index in [4.69, 9.17) is 0 Å². The predicted octanol–water partition coefficient (Wildman–Crippen LogP) is 2.85. The van der Waals surface area contributed by atoms with Crippen LogP contribution in [0.4, 0.5) is 4.39 Å². The second-order valence-corrected chi connectivity index (χ2v) is 6.74. The molecule has 5 nitrogen and oxygen atoms in total. The molecule has 2 aromatic rings. The zero-order valence-electron chi connectivity index (χ0n) is 14.3. The molecule has 0 unspecified atom stereocenters. The summed E-state index contributed by atoms with van der Waals surface area (Å²) in [6.45, 7) is 6.43. The zero-order valence-corrected chi connectivity index (χ0v) is 14.3. The van der Waals surface area contributed by atoms with Crippen molar-refractivity contribution in [3.63, 3.8) is 0 Å². The first-order valence-electron chi connectivity index (χ1n) is 8.04. The highest BCUT2D eigenvalue weighted by Crippen LogP contribution is 2.20. The number of aromatic nitrogens is 2. The van der Waals surface area contributed by atoms with Crippen molar-refractivity contribution in [2.75, 3.05) is 13.2 Å². The molecule has 1 aromatic carbocycles. The molecule has 0 aliphatic heterocycles. The number of aryl methyl sites for hydroxylation is 1. The lowest BCUT2D eigenvalue weighted by Crippen LogP contribution is -2.26. The summed E-state index contributed by atoms with van der Waals surface area (Å²) >= 11 is 0. The third-order valence-electron chi connectivity index (χ3n) is 3.92. The highest BCUT2D eigenvalue weighted by molar-refractivity contribution is 5.92. The van der Waals surface area contributed by atoms with Crippen molar-refractivity contribution in [3.05, 3.63) is 47.5 Å². The third kappa shape index (κ3) is 4.64. The van der Waals surface area contributed by atoms with Gasteiger partial charge in [0, 0.05) is 18.8 Å². The molecule has 0 saturated carbocycles. The van der Waals surface area contributed by atoms with Crippen LogP contribution in [0.15, 0.2) is 30.3 Å². The van der Waals surface area contributed by atoms with Gasteiger partial charge in [0.05, 0.1) is 5.69 Å². The molecule has 0 radical (unpaired) electrons. The number of amides is 1. The number of benzene rings is 1. The topological polar surface area (TPSA) is 67.2 Å². The smallest absolute Gasteiger partial charge is 0.271 e. The largest absolute Gasteiger partial charge is 0.396 e. The highest BCUT2D eigenvalue weighted by Gasteiger charge is 2.17. The van der Waals surface area contributed by atoms with Crippen LogP contribution >= 0.6 is 0 Å². The molecule has 2 N–H and O–H groups in total. The van der Waals surface area contributed by atoms with Crippen molar-refractivity contribution < 1.29 is 14.3 Å². The summed E-state index contributed by atoms with van der Waals surface area (Å²) in [5, 5.41) is 16.3. The van der Waals surface area contributed by atoms with Gasteiger partial charge in [-0.3, -0.25) is 4.79 Å². The maximum Gasteiger partial charge on any atom is 0.271 e. The number of halogens is 1. The van der Waals surface area contributed by atoms with Gasteiger partial charge < -0.3 is 10.4 Å². The number of nitrogens with zero attached hydrogens (tertiary/aromatic N) is 2. The maximum absolute atomic E-state index is 13.3. The molecule has 2 rings (SSSR count). The molecule has 0 bridgehead atoms. The van der Waals surface area contributed by atoms with Crippen LogP contribution < -0.4 is 5.32 Å². The molecule has 130 valence electrons. The molecule has 0 aliphatic carbocycles. The number of aliphatic hydroxyl groups excluding tert-OH is 1. The van der Waals surface area contributed by atoms with E-state index in [-0.39, 0.29) is 23.7 Å². The Kier molecular flexibility index (Phi) is 5.72. The Labute approximate surface area is 141 Å². The van der Waals surface area contributed by atoms with Crippen LogP contribution in [-0.2, 0) is 0 Å². The zero-order chi connectivity index (χ0) is 17.7. The summed E-state index contributed by atoms with van der Waals surface area (Å²) < 4.78 is 14.9. The number of nitrogens with one attached hydrogen (secondary N) is 1. The molecule has 0 spiro atoms. The average Bonchev–Trinajstić information content (AvgIpc) is 2.93. The standard InChI is InChI=1S/C18H24FN3O2/c1-13-10-16(17(24)20-9-5-8-18(2,3)12-23)21-22(13)15-7-4-6-14(19)11-15/h4,6-7,10-11,23H,5,8-9,12H2,1-3H3,(H,20,24). The Hall–Kier alpha value is -2.21. The molecule has 0 atom stereocenters. The molecule has 24 heavy (non-hydrogen) atoms. The van der Waals surface area contributed by atoms with E-state index in [0.717, 1.165) is 18.5 Å². The molecule has 0 fully saturated rings. The number of carbonyl (C=O) groups excluding carboxylic acids is 1. The normalized spacial score (nSPS) is 11.5. The van der Waals surface area contributed by atoms with E-state index < -0.39 is 0 Å². The first-order chi connectivity index (χ1) is 11.3. The van der Waals surface area contributed by atoms with E-state index >= 15 is 0 Å². The fourth-order valence-electron chi connectivity index (χ4n) is 2.39. The van der Waals surface area contributed by atoms with Crippen molar-refractivity contribution in [1.82, 2.24) is 15.1 Å². The highest BCUT2D eigenvalue weighted by atomic mass is 19.1. The number of carbonyl (C=O) groups is 1. The number of hydrogen-bond acceptors (Lipinski definition) is 3. The average molecular weight is 333 g/mol. The van der Waals surface area contributed by atoms with Crippen molar-refractivity contribution in [3.8, 4) is 5.69 Å². The van der Waals surface area contributed by atoms with Gasteiger partial charge in [-0.2, -0.15) is 5.10 Å². The van der Waals surface area contributed by atoms with Crippen LogP contribution in [0.2, 0.25) is 0 Å². The third-order valence-corrected chi connectivity index (χ3v) is 3.92. The molecule has 0 saturated heterocycles. The summed E-state index contributed by atoms with van der Waals surface area (Å²) in [6, 6.07) is 7.76. The fraction of sp³-hybridized carbons (Fsp3) is 0.444. The first kappa shape index (κ1) is 18.1. The minimum atomic E-state index is -0.347. The maximum atomic E-state index is 13.3. The second-order valence-electron chi connectivity index (χ2n) is 6.74. The lowest BCUT2D eigenvalue weighted by Gasteiger charge is -2.21. The van der Waals surface area contributed by atoms with Gasteiger partial charge in [-0.1, -0.05) is 19.9 Å². The van der Waals surface area contributed by atoms with Crippen molar-refractivity contribution >= 4 is 5.91 Å². The van der Waals surface area contributed by atoms with Crippen LogP contribution in [-0.4, -0.2) is 33.9 Å².